The van der Waals surface area contributed by atoms with Crippen molar-refractivity contribution in [3.8, 4) is 5.75 Å². The number of fused-ring (bicyclic) bond motifs is 1. The Morgan fingerprint density at radius 2 is 1.79 bits per heavy atom. The van der Waals surface area contributed by atoms with Crippen LogP contribution in [0.3, 0.4) is 0 Å². The topological polar surface area (TPSA) is 56.2 Å². The zero-order valence-electron chi connectivity index (χ0n) is 21.2. The molecule has 0 fully saturated rings. The molecule has 0 spiro atoms. The first kappa shape index (κ1) is 25.8. The Morgan fingerprint density at radius 3 is 2.62 bits per heavy atom. The second-order valence-electron chi connectivity index (χ2n) is 9.33. The molecule has 184 valence electrons. The molecule has 0 radical (unpaired) electrons. The SMILES string of the molecule is CCCC(=O)NCCCCCc1nc2ccccc2n1CCCCOc1ccccc1C(C)C. The smallest absolute Gasteiger partial charge is 0.219 e. The molecule has 0 saturated carbocycles. The highest BCUT2D eigenvalue weighted by molar-refractivity contribution is 5.76. The molecule has 34 heavy (non-hydrogen) atoms. The first-order valence-corrected chi connectivity index (χ1v) is 13.0. The number of rotatable bonds is 15. The molecule has 0 unspecified atom stereocenters. The number of nitrogens with zero attached hydrogens (tertiary/aromatic N) is 2. The van der Waals surface area contributed by atoms with Gasteiger partial charge < -0.3 is 14.6 Å². The Bertz CT molecular complexity index is 1030. The molecule has 1 heterocycles. The molecule has 3 rings (SSSR count). The van der Waals surface area contributed by atoms with E-state index in [9.17, 15) is 4.79 Å². The second kappa shape index (κ2) is 13.8. The van der Waals surface area contributed by atoms with Crippen molar-refractivity contribution in [3.63, 3.8) is 0 Å². The maximum Gasteiger partial charge on any atom is 0.219 e. The highest BCUT2D eigenvalue weighted by Gasteiger charge is 2.11. The van der Waals surface area contributed by atoms with Gasteiger partial charge >= 0.3 is 0 Å². The van der Waals surface area contributed by atoms with Crippen LogP contribution in [0.1, 0.15) is 83.0 Å². The third-order valence-corrected chi connectivity index (χ3v) is 6.18. The first-order chi connectivity index (χ1) is 16.6. The molecular weight excluding hydrogens is 422 g/mol. The minimum Gasteiger partial charge on any atom is -0.493 e. The zero-order valence-corrected chi connectivity index (χ0v) is 21.2. The summed E-state index contributed by atoms with van der Waals surface area (Å²) in [4.78, 5) is 16.5. The van der Waals surface area contributed by atoms with E-state index in [2.05, 4.69) is 66.2 Å². The normalized spacial score (nSPS) is 11.3. The number of benzene rings is 2. The van der Waals surface area contributed by atoms with E-state index in [1.165, 1.54) is 16.9 Å². The summed E-state index contributed by atoms with van der Waals surface area (Å²) in [6.45, 7) is 8.90. The van der Waals surface area contributed by atoms with Crippen molar-refractivity contribution in [2.75, 3.05) is 13.2 Å². The van der Waals surface area contributed by atoms with Gasteiger partial charge in [-0.15, -0.1) is 0 Å². The summed E-state index contributed by atoms with van der Waals surface area (Å²) >= 11 is 0. The van der Waals surface area contributed by atoms with Crippen LogP contribution in [0, 0.1) is 0 Å². The van der Waals surface area contributed by atoms with E-state index >= 15 is 0 Å². The van der Waals surface area contributed by atoms with Crippen molar-refractivity contribution in [1.82, 2.24) is 14.9 Å². The number of para-hydroxylation sites is 3. The molecule has 0 aliphatic heterocycles. The first-order valence-electron chi connectivity index (χ1n) is 13.0. The average Bonchev–Trinajstić information content (AvgIpc) is 3.18. The van der Waals surface area contributed by atoms with Crippen LogP contribution in [0.15, 0.2) is 48.5 Å². The van der Waals surface area contributed by atoms with Gasteiger partial charge in [0.2, 0.25) is 5.91 Å². The van der Waals surface area contributed by atoms with E-state index < -0.39 is 0 Å². The van der Waals surface area contributed by atoms with Gasteiger partial charge in [0, 0.05) is 25.9 Å². The Hall–Kier alpha value is -2.82. The summed E-state index contributed by atoms with van der Waals surface area (Å²) in [6, 6.07) is 16.8. The summed E-state index contributed by atoms with van der Waals surface area (Å²) < 4.78 is 8.50. The molecule has 0 aliphatic rings. The third-order valence-electron chi connectivity index (χ3n) is 6.18. The van der Waals surface area contributed by atoms with Crippen LogP contribution in [-0.4, -0.2) is 28.6 Å². The Morgan fingerprint density at radius 1 is 1.00 bits per heavy atom. The molecular formula is C29H41N3O2. The lowest BCUT2D eigenvalue weighted by atomic mass is 10.0. The van der Waals surface area contributed by atoms with Crippen molar-refractivity contribution in [1.29, 1.82) is 0 Å². The van der Waals surface area contributed by atoms with Gasteiger partial charge in [-0.25, -0.2) is 4.98 Å². The number of carbonyl (C=O) groups is 1. The van der Waals surface area contributed by atoms with Gasteiger partial charge in [0.25, 0.3) is 0 Å². The maximum absolute atomic E-state index is 11.6. The summed E-state index contributed by atoms with van der Waals surface area (Å²) in [5.41, 5.74) is 3.57. The minimum atomic E-state index is 0.168. The van der Waals surface area contributed by atoms with Gasteiger partial charge in [-0.05, 0) is 61.8 Å². The van der Waals surface area contributed by atoms with Crippen LogP contribution in [0.5, 0.6) is 5.75 Å². The van der Waals surface area contributed by atoms with E-state index in [4.69, 9.17) is 9.72 Å². The lowest BCUT2D eigenvalue weighted by molar-refractivity contribution is -0.121. The van der Waals surface area contributed by atoms with E-state index in [1.54, 1.807) is 0 Å². The molecule has 1 aromatic heterocycles. The Kier molecular flexibility index (Phi) is 10.5. The molecule has 1 N–H and O–H groups in total. The van der Waals surface area contributed by atoms with Crippen LogP contribution in [0.2, 0.25) is 0 Å². The summed E-state index contributed by atoms with van der Waals surface area (Å²) in [7, 11) is 0. The number of hydrogen-bond donors (Lipinski definition) is 1. The van der Waals surface area contributed by atoms with Crippen molar-refractivity contribution in [2.45, 2.75) is 84.6 Å². The van der Waals surface area contributed by atoms with Crippen molar-refractivity contribution >= 4 is 16.9 Å². The molecule has 3 aromatic rings. The van der Waals surface area contributed by atoms with Gasteiger partial charge in [-0.3, -0.25) is 4.79 Å². The van der Waals surface area contributed by atoms with E-state index in [1.807, 2.05) is 13.0 Å². The molecule has 0 atom stereocenters. The molecule has 1 amide bonds. The lowest BCUT2D eigenvalue weighted by Crippen LogP contribution is -2.23. The zero-order chi connectivity index (χ0) is 24.2. The van der Waals surface area contributed by atoms with Crippen LogP contribution in [0.25, 0.3) is 11.0 Å². The lowest BCUT2D eigenvalue weighted by Gasteiger charge is -2.14. The van der Waals surface area contributed by atoms with E-state index in [-0.39, 0.29) is 5.91 Å². The molecule has 2 aromatic carbocycles. The van der Waals surface area contributed by atoms with Crippen molar-refractivity contribution in [3.05, 3.63) is 59.9 Å². The number of hydrogen-bond acceptors (Lipinski definition) is 3. The van der Waals surface area contributed by atoms with Crippen LogP contribution in [0.4, 0.5) is 0 Å². The van der Waals surface area contributed by atoms with E-state index in [0.29, 0.717) is 12.3 Å². The average molecular weight is 464 g/mol. The maximum atomic E-state index is 11.6. The predicted molar refractivity (Wildman–Crippen MR) is 140 cm³/mol. The van der Waals surface area contributed by atoms with Gasteiger partial charge in [0.05, 0.1) is 17.6 Å². The van der Waals surface area contributed by atoms with Crippen molar-refractivity contribution < 1.29 is 9.53 Å². The van der Waals surface area contributed by atoms with Gasteiger partial charge in [-0.1, -0.05) is 57.5 Å². The summed E-state index contributed by atoms with van der Waals surface area (Å²) in [6.07, 6.45) is 7.76. The number of amides is 1. The molecule has 5 nitrogen and oxygen atoms in total. The van der Waals surface area contributed by atoms with Crippen molar-refractivity contribution in [2.24, 2.45) is 0 Å². The highest BCUT2D eigenvalue weighted by Crippen LogP contribution is 2.26. The fraction of sp³-hybridized carbons (Fsp3) is 0.517. The fourth-order valence-corrected chi connectivity index (χ4v) is 4.34. The quantitative estimate of drug-likeness (QED) is 0.257. The van der Waals surface area contributed by atoms with Crippen LogP contribution < -0.4 is 10.1 Å². The van der Waals surface area contributed by atoms with Crippen LogP contribution >= 0.6 is 0 Å². The molecule has 0 aliphatic carbocycles. The van der Waals surface area contributed by atoms with Gasteiger partial charge in [0.15, 0.2) is 0 Å². The number of aromatic nitrogens is 2. The Labute approximate surface area is 204 Å². The largest absolute Gasteiger partial charge is 0.493 e. The molecule has 5 heteroatoms. The highest BCUT2D eigenvalue weighted by atomic mass is 16.5. The second-order valence-corrected chi connectivity index (χ2v) is 9.33. The standard InChI is InChI=1S/C29H41N3O2/c1-4-14-29(33)30-20-11-5-6-19-28-31-25-16-8-9-17-26(25)32(28)21-12-13-22-34-27-18-10-7-15-24(27)23(2)3/h7-10,15-18,23H,4-6,11-14,19-22H2,1-3H3,(H,30,33). The summed E-state index contributed by atoms with van der Waals surface area (Å²) in [5, 5.41) is 3.00. The number of imidazole rings is 1. The number of ether oxygens (including phenoxy) is 1. The monoisotopic (exact) mass is 463 g/mol. The van der Waals surface area contributed by atoms with Gasteiger partial charge in [-0.2, -0.15) is 0 Å². The fourth-order valence-electron chi connectivity index (χ4n) is 4.34. The number of carbonyl (C=O) groups excluding carboxylic acids is 1. The third kappa shape index (κ3) is 7.61. The van der Waals surface area contributed by atoms with Crippen LogP contribution in [-0.2, 0) is 17.8 Å². The number of unbranched alkanes of at least 4 members (excludes halogenated alkanes) is 3. The number of nitrogens with one attached hydrogen (secondary N) is 1. The van der Waals surface area contributed by atoms with E-state index in [0.717, 1.165) is 75.9 Å². The molecule has 0 bridgehead atoms. The predicted octanol–water partition coefficient (Wildman–Crippen LogP) is 6.65. The summed E-state index contributed by atoms with van der Waals surface area (Å²) in [5.74, 6) is 2.81. The minimum absolute atomic E-state index is 0.168. The van der Waals surface area contributed by atoms with Gasteiger partial charge in [0.1, 0.15) is 11.6 Å². The number of aryl methyl sites for hydroxylation is 2. The molecule has 0 saturated heterocycles. The Balaban J connectivity index is 1.47.